The van der Waals surface area contributed by atoms with Crippen molar-refractivity contribution in [3.8, 4) is 5.75 Å². The first-order valence-electron chi connectivity index (χ1n) is 8.84. The van der Waals surface area contributed by atoms with Gasteiger partial charge in [-0.05, 0) is 31.9 Å². The summed E-state index contributed by atoms with van der Waals surface area (Å²) in [6.07, 6.45) is 3.39. The Kier molecular flexibility index (Phi) is 5.99. The number of rotatable bonds is 6. The van der Waals surface area contributed by atoms with Crippen LogP contribution in [0.2, 0.25) is 5.02 Å². The summed E-state index contributed by atoms with van der Waals surface area (Å²) in [4.78, 5) is 24.1. The second-order valence-corrected chi connectivity index (χ2v) is 6.91. The third-order valence-corrected chi connectivity index (χ3v) is 4.88. The third kappa shape index (κ3) is 4.47. The number of amides is 1. The molecule has 0 bridgehead atoms. The smallest absolute Gasteiger partial charge is 0.344 e. The number of carbonyl (C=O) groups excluding carboxylic acids is 2. The molecule has 5 nitrogen and oxygen atoms in total. The molecule has 0 radical (unpaired) electrons. The van der Waals surface area contributed by atoms with Gasteiger partial charge in [-0.15, -0.1) is 0 Å². The molecule has 1 aliphatic rings. The van der Waals surface area contributed by atoms with Crippen LogP contribution in [0.15, 0.2) is 36.4 Å². The maximum Gasteiger partial charge on any atom is 0.344 e. The summed E-state index contributed by atoms with van der Waals surface area (Å²) < 4.78 is 10.8. The van der Waals surface area contributed by atoms with Crippen molar-refractivity contribution in [2.75, 3.05) is 6.61 Å². The van der Waals surface area contributed by atoms with Crippen LogP contribution in [0, 0.1) is 0 Å². The molecule has 0 aliphatic heterocycles. The van der Waals surface area contributed by atoms with Crippen LogP contribution in [-0.2, 0) is 14.3 Å². The zero-order valence-electron chi connectivity index (χ0n) is 14.7. The van der Waals surface area contributed by atoms with Gasteiger partial charge in [0.15, 0.2) is 12.7 Å². The predicted octanol–water partition coefficient (Wildman–Crippen LogP) is 3.86. The second kappa shape index (κ2) is 8.41. The van der Waals surface area contributed by atoms with Crippen LogP contribution >= 0.6 is 11.6 Å². The minimum absolute atomic E-state index is 0.195. The van der Waals surface area contributed by atoms with Gasteiger partial charge in [-0.3, -0.25) is 4.79 Å². The first-order valence-corrected chi connectivity index (χ1v) is 9.22. The number of fused-ring (bicyclic) bond motifs is 1. The summed E-state index contributed by atoms with van der Waals surface area (Å²) in [5.74, 6) is -0.301. The second-order valence-electron chi connectivity index (χ2n) is 6.50. The van der Waals surface area contributed by atoms with Crippen molar-refractivity contribution in [2.24, 2.45) is 0 Å². The SMILES string of the molecule is C[C@@H](OC(=O)COc1ccc(Cl)c2ccccc12)C(=O)NC1CCCC1. The molecule has 1 amide bonds. The Hall–Kier alpha value is -2.27. The van der Waals surface area contributed by atoms with Gasteiger partial charge in [-0.2, -0.15) is 0 Å². The molecule has 0 heterocycles. The van der Waals surface area contributed by atoms with Crippen molar-refractivity contribution in [1.29, 1.82) is 0 Å². The predicted molar refractivity (Wildman–Crippen MR) is 100 cm³/mol. The monoisotopic (exact) mass is 375 g/mol. The van der Waals surface area contributed by atoms with Crippen LogP contribution in [0.4, 0.5) is 0 Å². The van der Waals surface area contributed by atoms with Crippen molar-refractivity contribution in [3.63, 3.8) is 0 Å². The van der Waals surface area contributed by atoms with Gasteiger partial charge in [0, 0.05) is 21.8 Å². The Balaban J connectivity index is 1.54. The Morgan fingerprint density at radius 2 is 1.85 bits per heavy atom. The molecule has 0 saturated heterocycles. The lowest BCUT2D eigenvalue weighted by molar-refractivity contribution is -0.156. The molecule has 3 rings (SSSR count). The minimum Gasteiger partial charge on any atom is -0.481 e. The Labute approximate surface area is 157 Å². The molecule has 2 aromatic rings. The number of carbonyl (C=O) groups is 2. The lowest BCUT2D eigenvalue weighted by atomic mass is 10.1. The van der Waals surface area contributed by atoms with Crippen LogP contribution in [0.1, 0.15) is 32.6 Å². The van der Waals surface area contributed by atoms with Crippen LogP contribution in [0.5, 0.6) is 5.75 Å². The molecule has 1 N–H and O–H groups in total. The molecule has 6 heteroatoms. The van der Waals surface area contributed by atoms with Crippen LogP contribution in [0.3, 0.4) is 0 Å². The standard InChI is InChI=1S/C20H22ClNO4/c1-13(20(24)22-14-6-2-3-7-14)26-19(23)12-25-18-11-10-17(21)15-8-4-5-9-16(15)18/h4-5,8-11,13-14H,2-3,6-7,12H2,1H3,(H,22,24)/t13-/m1/s1. The Morgan fingerprint density at radius 3 is 2.58 bits per heavy atom. The molecule has 1 atom stereocenters. The topological polar surface area (TPSA) is 64.6 Å². The molecule has 1 fully saturated rings. The summed E-state index contributed by atoms with van der Waals surface area (Å²) in [6.45, 7) is 1.30. The number of benzene rings is 2. The first-order chi connectivity index (χ1) is 12.5. The van der Waals surface area contributed by atoms with Crippen LogP contribution in [0.25, 0.3) is 10.8 Å². The molecular formula is C20H22ClNO4. The highest BCUT2D eigenvalue weighted by molar-refractivity contribution is 6.35. The Bertz CT molecular complexity index is 801. The number of hydrogen-bond donors (Lipinski definition) is 1. The van der Waals surface area contributed by atoms with E-state index in [2.05, 4.69) is 5.32 Å². The zero-order valence-corrected chi connectivity index (χ0v) is 15.4. The minimum atomic E-state index is -0.839. The number of halogens is 1. The van der Waals surface area contributed by atoms with Gasteiger partial charge in [-0.25, -0.2) is 4.79 Å². The van der Waals surface area contributed by atoms with E-state index < -0.39 is 12.1 Å². The molecule has 0 spiro atoms. The highest BCUT2D eigenvalue weighted by atomic mass is 35.5. The van der Waals surface area contributed by atoms with Gasteiger partial charge in [0.1, 0.15) is 5.75 Å². The normalized spacial score (nSPS) is 15.6. The third-order valence-electron chi connectivity index (χ3n) is 4.56. The maximum atomic E-state index is 12.1. The van der Waals surface area contributed by atoms with E-state index in [9.17, 15) is 9.59 Å². The van der Waals surface area contributed by atoms with Gasteiger partial charge in [-0.1, -0.05) is 48.7 Å². The van der Waals surface area contributed by atoms with Crippen molar-refractivity contribution >= 4 is 34.2 Å². The average Bonchev–Trinajstić information content (AvgIpc) is 3.14. The molecule has 138 valence electrons. The van der Waals surface area contributed by atoms with Crippen molar-refractivity contribution in [1.82, 2.24) is 5.32 Å². The van der Waals surface area contributed by atoms with E-state index in [0.29, 0.717) is 10.8 Å². The number of hydrogen-bond acceptors (Lipinski definition) is 4. The fourth-order valence-electron chi connectivity index (χ4n) is 3.17. The van der Waals surface area contributed by atoms with Crippen molar-refractivity contribution in [3.05, 3.63) is 41.4 Å². The van der Waals surface area contributed by atoms with E-state index in [0.717, 1.165) is 36.5 Å². The summed E-state index contributed by atoms with van der Waals surface area (Å²) in [7, 11) is 0. The lowest BCUT2D eigenvalue weighted by Crippen LogP contribution is -2.41. The van der Waals surface area contributed by atoms with Gasteiger partial charge < -0.3 is 14.8 Å². The number of ether oxygens (including phenoxy) is 2. The highest BCUT2D eigenvalue weighted by Crippen LogP contribution is 2.31. The largest absolute Gasteiger partial charge is 0.481 e. The molecule has 1 saturated carbocycles. The molecule has 26 heavy (non-hydrogen) atoms. The van der Waals surface area contributed by atoms with E-state index >= 15 is 0 Å². The Morgan fingerprint density at radius 1 is 1.15 bits per heavy atom. The van der Waals surface area contributed by atoms with Crippen LogP contribution < -0.4 is 10.1 Å². The van der Waals surface area contributed by atoms with E-state index in [-0.39, 0.29) is 18.6 Å². The average molecular weight is 376 g/mol. The number of esters is 1. The first kappa shape index (κ1) is 18.5. The molecule has 2 aromatic carbocycles. The van der Waals surface area contributed by atoms with Crippen molar-refractivity contribution < 1.29 is 19.1 Å². The molecular weight excluding hydrogens is 354 g/mol. The quantitative estimate of drug-likeness (QED) is 0.778. The highest BCUT2D eigenvalue weighted by Gasteiger charge is 2.23. The zero-order chi connectivity index (χ0) is 18.5. The fraction of sp³-hybridized carbons (Fsp3) is 0.400. The van der Waals surface area contributed by atoms with Crippen LogP contribution in [-0.4, -0.2) is 30.6 Å². The van der Waals surface area contributed by atoms with E-state index in [1.165, 1.54) is 0 Å². The summed E-state index contributed by atoms with van der Waals surface area (Å²) in [6, 6.07) is 11.2. The summed E-state index contributed by atoms with van der Waals surface area (Å²) in [5, 5.41) is 5.21. The van der Waals surface area contributed by atoms with Gasteiger partial charge >= 0.3 is 5.97 Å². The van der Waals surface area contributed by atoms with Crippen molar-refractivity contribution in [2.45, 2.75) is 44.8 Å². The molecule has 1 aliphatic carbocycles. The van der Waals surface area contributed by atoms with E-state index in [4.69, 9.17) is 21.1 Å². The van der Waals surface area contributed by atoms with Gasteiger partial charge in [0.05, 0.1) is 0 Å². The van der Waals surface area contributed by atoms with E-state index in [1.54, 1.807) is 19.1 Å². The summed E-state index contributed by atoms with van der Waals surface area (Å²) >= 11 is 6.17. The lowest BCUT2D eigenvalue weighted by Gasteiger charge is -2.17. The van der Waals surface area contributed by atoms with Gasteiger partial charge in [0.25, 0.3) is 5.91 Å². The maximum absolute atomic E-state index is 12.1. The van der Waals surface area contributed by atoms with Gasteiger partial charge in [0.2, 0.25) is 0 Å². The molecule has 0 unspecified atom stereocenters. The summed E-state index contributed by atoms with van der Waals surface area (Å²) in [5.41, 5.74) is 0. The molecule has 0 aromatic heterocycles. The fourth-order valence-corrected chi connectivity index (χ4v) is 3.40. The van der Waals surface area contributed by atoms with E-state index in [1.807, 2.05) is 24.3 Å². The number of nitrogens with one attached hydrogen (secondary N) is 1.